The highest BCUT2D eigenvalue weighted by atomic mass is 32.2. The van der Waals surface area contributed by atoms with Crippen molar-refractivity contribution in [1.82, 2.24) is 14.7 Å². The fourth-order valence-corrected chi connectivity index (χ4v) is 4.72. The van der Waals surface area contributed by atoms with E-state index in [0.29, 0.717) is 43.9 Å². The highest BCUT2D eigenvalue weighted by Gasteiger charge is 2.35. The Bertz CT molecular complexity index is 703. The third-order valence-corrected chi connectivity index (χ3v) is 6.43. The second kappa shape index (κ2) is 8.73. The monoisotopic (exact) mass is 415 g/mol. The minimum absolute atomic E-state index is 0.00898. The molecule has 2 aliphatic rings. The number of amides is 2. The Hall–Kier alpha value is -1.74. The zero-order valence-electron chi connectivity index (χ0n) is 15.7. The number of thioether (sulfide) groups is 1. The Labute approximate surface area is 166 Å². The fourth-order valence-electron chi connectivity index (χ4n) is 3.50. The Kier molecular flexibility index (Phi) is 6.54. The molecule has 3 rings (SSSR count). The van der Waals surface area contributed by atoms with Crippen molar-refractivity contribution >= 4 is 23.6 Å². The quantitative estimate of drug-likeness (QED) is 0.742. The van der Waals surface area contributed by atoms with Gasteiger partial charge in [-0.25, -0.2) is 0 Å². The summed E-state index contributed by atoms with van der Waals surface area (Å²) in [6.07, 6.45) is -3.85. The van der Waals surface area contributed by atoms with Crippen LogP contribution in [0.2, 0.25) is 0 Å². The first-order valence-corrected chi connectivity index (χ1v) is 10.4. The SMILES string of the molecule is CCC(=O)N1CCN(CCN2C(=O)CS[C@H]2c2ccc(C(F)(F)F)cc2)CC1. The minimum atomic E-state index is -4.36. The molecule has 2 aliphatic heterocycles. The zero-order valence-corrected chi connectivity index (χ0v) is 16.6. The molecule has 5 nitrogen and oxygen atoms in total. The topological polar surface area (TPSA) is 43.9 Å². The summed E-state index contributed by atoms with van der Waals surface area (Å²) in [7, 11) is 0. The Balaban J connectivity index is 1.57. The molecule has 0 aromatic heterocycles. The van der Waals surface area contributed by atoms with Crippen molar-refractivity contribution in [3.05, 3.63) is 35.4 Å². The number of piperazine rings is 1. The molecular formula is C19H24F3N3O2S. The van der Waals surface area contributed by atoms with Gasteiger partial charge in [-0.05, 0) is 17.7 Å². The van der Waals surface area contributed by atoms with Gasteiger partial charge in [-0.2, -0.15) is 13.2 Å². The van der Waals surface area contributed by atoms with E-state index >= 15 is 0 Å². The number of carbonyl (C=O) groups is 2. The first kappa shape index (κ1) is 21.0. The van der Waals surface area contributed by atoms with E-state index in [9.17, 15) is 22.8 Å². The van der Waals surface area contributed by atoms with Gasteiger partial charge in [-0.3, -0.25) is 14.5 Å². The lowest BCUT2D eigenvalue weighted by Crippen LogP contribution is -2.50. The van der Waals surface area contributed by atoms with Gasteiger partial charge < -0.3 is 9.80 Å². The van der Waals surface area contributed by atoms with E-state index in [1.54, 1.807) is 4.90 Å². The van der Waals surface area contributed by atoms with Crippen LogP contribution in [0.15, 0.2) is 24.3 Å². The molecule has 0 aliphatic carbocycles. The van der Waals surface area contributed by atoms with E-state index in [-0.39, 0.29) is 17.2 Å². The van der Waals surface area contributed by atoms with Crippen LogP contribution in [0.1, 0.15) is 29.8 Å². The lowest BCUT2D eigenvalue weighted by molar-refractivity contribution is -0.137. The molecule has 9 heteroatoms. The number of benzene rings is 1. The number of nitrogens with zero attached hydrogens (tertiary/aromatic N) is 3. The van der Waals surface area contributed by atoms with E-state index in [1.807, 2.05) is 11.8 Å². The fraction of sp³-hybridized carbons (Fsp3) is 0.579. The number of alkyl halides is 3. The van der Waals surface area contributed by atoms with Gasteiger partial charge in [0.25, 0.3) is 0 Å². The van der Waals surface area contributed by atoms with Gasteiger partial charge in [0, 0.05) is 45.7 Å². The van der Waals surface area contributed by atoms with Crippen LogP contribution >= 0.6 is 11.8 Å². The molecule has 2 heterocycles. The molecule has 28 heavy (non-hydrogen) atoms. The number of hydrogen-bond donors (Lipinski definition) is 0. The van der Waals surface area contributed by atoms with E-state index < -0.39 is 11.7 Å². The maximum absolute atomic E-state index is 12.8. The Morgan fingerprint density at radius 2 is 1.75 bits per heavy atom. The van der Waals surface area contributed by atoms with Gasteiger partial charge in [0.2, 0.25) is 11.8 Å². The van der Waals surface area contributed by atoms with Crippen molar-refractivity contribution in [3.63, 3.8) is 0 Å². The summed E-state index contributed by atoms with van der Waals surface area (Å²) >= 11 is 1.44. The lowest BCUT2D eigenvalue weighted by Gasteiger charge is -2.36. The second-order valence-corrected chi connectivity index (χ2v) is 8.01. The molecule has 0 saturated carbocycles. The van der Waals surface area contributed by atoms with Crippen LogP contribution in [-0.2, 0) is 15.8 Å². The summed E-state index contributed by atoms with van der Waals surface area (Å²) < 4.78 is 38.3. The second-order valence-electron chi connectivity index (χ2n) is 6.95. The largest absolute Gasteiger partial charge is 0.416 e. The Morgan fingerprint density at radius 3 is 2.32 bits per heavy atom. The van der Waals surface area contributed by atoms with Gasteiger partial charge in [-0.15, -0.1) is 11.8 Å². The van der Waals surface area contributed by atoms with Crippen molar-refractivity contribution in [2.45, 2.75) is 24.9 Å². The summed E-state index contributed by atoms with van der Waals surface area (Å²) in [6, 6.07) is 5.06. The molecule has 2 fully saturated rings. The van der Waals surface area contributed by atoms with Crippen LogP contribution in [0.4, 0.5) is 13.2 Å². The maximum atomic E-state index is 12.8. The predicted molar refractivity (Wildman–Crippen MR) is 102 cm³/mol. The van der Waals surface area contributed by atoms with E-state index in [2.05, 4.69) is 4.90 Å². The molecule has 1 aromatic rings. The molecule has 154 valence electrons. The molecule has 2 saturated heterocycles. The maximum Gasteiger partial charge on any atom is 0.416 e. The molecule has 0 spiro atoms. The highest BCUT2D eigenvalue weighted by molar-refractivity contribution is 8.00. The van der Waals surface area contributed by atoms with Crippen LogP contribution < -0.4 is 0 Å². The smallest absolute Gasteiger partial charge is 0.340 e. The van der Waals surface area contributed by atoms with Gasteiger partial charge in [0.1, 0.15) is 5.37 Å². The van der Waals surface area contributed by atoms with Gasteiger partial charge >= 0.3 is 6.18 Å². The van der Waals surface area contributed by atoms with Gasteiger partial charge in [0.15, 0.2) is 0 Å². The molecular weight excluding hydrogens is 391 g/mol. The first-order chi connectivity index (χ1) is 13.3. The van der Waals surface area contributed by atoms with Crippen molar-refractivity contribution in [2.75, 3.05) is 45.0 Å². The standard InChI is InChI=1S/C19H24F3N3O2S/c1-2-16(26)24-10-7-23(8-11-24)9-12-25-17(27)13-28-18(25)14-3-5-15(6-4-14)19(20,21)22/h3-6,18H,2,7-13H2,1H3/t18-/m0/s1. The third kappa shape index (κ3) is 4.81. The third-order valence-electron chi connectivity index (χ3n) is 5.18. The van der Waals surface area contributed by atoms with Gasteiger partial charge in [0.05, 0.1) is 11.3 Å². The lowest BCUT2D eigenvalue weighted by atomic mass is 10.1. The minimum Gasteiger partial charge on any atom is -0.340 e. The molecule has 0 unspecified atom stereocenters. The van der Waals surface area contributed by atoms with Crippen molar-refractivity contribution in [1.29, 1.82) is 0 Å². The number of halogens is 3. The molecule has 0 bridgehead atoms. The summed E-state index contributed by atoms with van der Waals surface area (Å²) in [5.41, 5.74) is 0.0267. The van der Waals surface area contributed by atoms with Crippen molar-refractivity contribution in [2.24, 2.45) is 0 Å². The van der Waals surface area contributed by atoms with Crippen molar-refractivity contribution in [3.8, 4) is 0 Å². The Morgan fingerprint density at radius 1 is 1.11 bits per heavy atom. The summed E-state index contributed by atoms with van der Waals surface area (Å²) in [5.74, 6) is 0.507. The van der Waals surface area contributed by atoms with E-state index in [0.717, 1.165) is 25.2 Å². The van der Waals surface area contributed by atoms with Crippen molar-refractivity contribution < 1.29 is 22.8 Å². The summed E-state index contributed by atoms with van der Waals surface area (Å²) in [4.78, 5) is 29.9. The molecule has 0 radical (unpaired) electrons. The molecule has 0 N–H and O–H groups in total. The molecule has 1 atom stereocenters. The van der Waals surface area contributed by atoms with Crippen LogP contribution in [0.25, 0.3) is 0 Å². The molecule has 1 aromatic carbocycles. The average Bonchev–Trinajstić information content (AvgIpc) is 3.06. The van der Waals surface area contributed by atoms with Crippen LogP contribution in [-0.4, -0.2) is 71.5 Å². The van der Waals surface area contributed by atoms with Crippen LogP contribution in [0.3, 0.4) is 0 Å². The predicted octanol–water partition coefficient (Wildman–Crippen LogP) is 2.83. The number of hydrogen-bond acceptors (Lipinski definition) is 4. The number of carbonyl (C=O) groups excluding carboxylic acids is 2. The zero-order chi connectivity index (χ0) is 20.3. The molecule has 2 amide bonds. The van der Waals surface area contributed by atoms with E-state index in [1.165, 1.54) is 23.9 Å². The van der Waals surface area contributed by atoms with Gasteiger partial charge in [-0.1, -0.05) is 19.1 Å². The van der Waals surface area contributed by atoms with Crippen LogP contribution in [0.5, 0.6) is 0 Å². The summed E-state index contributed by atoms with van der Waals surface area (Å²) in [5, 5.41) is -0.252. The normalized spacial score (nSPS) is 21.4. The number of rotatable bonds is 5. The highest BCUT2D eigenvalue weighted by Crippen LogP contribution is 2.39. The van der Waals surface area contributed by atoms with E-state index in [4.69, 9.17) is 0 Å². The average molecular weight is 415 g/mol. The first-order valence-electron chi connectivity index (χ1n) is 9.38. The van der Waals surface area contributed by atoms with Crippen LogP contribution in [0, 0.1) is 0 Å². The summed E-state index contributed by atoms with van der Waals surface area (Å²) in [6.45, 7) is 6.00.